The van der Waals surface area contributed by atoms with Crippen molar-refractivity contribution in [1.82, 2.24) is 0 Å². The van der Waals surface area contributed by atoms with Crippen LogP contribution in [0, 0.1) is 11.8 Å². The van der Waals surface area contributed by atoms with Gasteiger partial charge in [-0.25, -0.2) is 9.13 Å². The Morgan fingerprint density at radius 3 is 0.731 bits per heavy atom. The molecule has 2 unspecified atom stereocenters. The second-order valence-corrected chi connectivity index (χ2v) is 30.5. The molecule has 3 N–H and O–H groups in total. The number of phosphoric acid groups is 2. The topological polar surface area (TPSA) is 237 Å². The molecule has 19 heteroatoms. The van der Waals surface area contributed by atoms with Gasteiger partial charge in [-0.15, -0.1) is 0 Å². The van der Waals surface area contributed by atoms with Crippen molar-refractivity contribution in [2.45, 2.75) is 400 Å². The van der Waals surface area contributed by atoms with Crippen LogP contribution in [0.25, 0.3) is 0 Å². The Balaban J connectivity index is 5.15. The summed E-state index contributed by atoms with van der Waals surface area (Å²) in [6.07, 6.45) is 53.1. The molecule has 17 nitrogen and oxygen atoms in total. The highest BCUT2D eigenvalue weighted by Gasteiger charge is 2.30. The highest BCUT2D eigenvalue weighted by molar-refractivity contribution is 7.47. The van der Waals surface area contributed by atoms with Crippen molar-refractivity contribution >= 4 is 39.5 Å². The number of aliphatic hydroxyl groups is 1. The summed E-state index contributed by atoms with van der Waals surface area (Å²) >= 11 is 0. The van der Waals surface area contributed by atoms with Gasteiger partial charge in [0.1, 0.15) is 19.3 Å². The predicted molar refractivity (Wildman–Crippen MR) is 377 cm³/mol. The van der Waals surface area contributed by atoms with Crippen LogP contribution >= 0.6 is 15.6 Å². The van der Waals surface area contributed by atoms with Crippen molar-refractivity contribution in [3.05, 3.63) is 0 Å². The maximum absolute atomic E-state index is 13.1. The Bertz CT molecular complexity index is 1800. The van der Waals surface area contributed by atoms with E-state index in [-0.39, 0.29) is 25.7 Å². The maximum atomic E-state index is 13.1. The van der Waals surface area contributed by atoms with E-state index in [0.717, 1.165) is 109 Å². The maximum Gasteiger partial charge on any atom is 0.472 e. The molecule has 0 heterocycles. The molecule has 0 aliphatic heterocycles. The van der Waals surface area contributed by atoms with Crippen molar-refractivity contribution in [3.63, 3.8) is 0 Å². The van der Waals surface area contributed by atoms with Gasteiger partial charge in [-0.2, -0.15) is 0 Å². The average molecular weight is 1370 g/mol. The van der Waals surface area contributed by atoms with E-state index in [1.807, 2.05) is 0 Å². The fourth-order valence-corrected chi connectivity index (χ4v) is 12.9. The number of aliphatic hydroxyl groups excluding tert-OH is 1. The van der Waals surface area contributed by atoms with Crippen molar-refractivity contribution in [1.29, 1.82) is 0 Å². The van der Waals surface area contributed by atoms with Gasteiger partial charge in [-0.1, -0.05) is 330 Å². The average Bonchev–Trinajstić information content (AvgIpc) is 1.71. The molecule has 0 radical (unpaired) electrons. The summed E-state index contributed by atoms with van der Waals surface area (Å²) in [6.45, 7) is 9.48. The number of hydrogen-bond acceptors (Lipinski definition) is 15. The molecule has 0 saturated carbocycles. The number of phosphoric ester groups is 2. The van der Waals surface area contributed by atoms with Gasteiger partial charge < -0.3 is 33.8 Å². The molecule has 0 bridgehead atoms. The summed E-state index contributed by atoms with van der Waals surface area (Å²) < 4.78 is 68.3. The van der Waals surface area contributed by atoms with E-state index in [1.54, 1.807) is 0 Å². The zero-order valence-corrected chi connectivity index (χ0v) is 62.3. The molecule has 0 amide bonds. The largest absolute Gasteiger partial charge is 0.472 e. The fraction of sp³-hybridized carbons (Fsp3) is 0.946. The first-order valence-electron chi connectivity index (χ1n) is 38.5. The minimum Gasteiger partial charge on any atom is -0.462 e. The normalized spacial score (nSPS) is 14.1. The van der Waals surface area contributed by atoms with Crippen LogP contribution in [-0.4, -0.2) is 96.7 Å². The highest BCUT2D eigenvalue weighted by Crippen LogP contribution is 2.45. The number of ether oxygens (including phenoxy) is 4. The predicted octanol–water partition coefficient (Wildman–Crippen LogP) is 21.6. The lowest BCUT2D eigenvalue weighted by atomic mass is 10.0. The minimum absolute atomic E-state index is 0.103. The molecule has 0 aliphatic carbocycles. The third-order valence-corrected chi connectivity index (χ3v) is 19.1. The van der Waals surface area contributed by atoms with Crippen LogP contribution in [-0.2, 0) is 65.4 Å². The number of carbonyl (C=O) groups excluding carboxylic acids is 4. The number of esters is 4. The van der Waals surface area contributed by atoms with Crippen molar-refractivity contribution < 1.29 is 80.2 Å². The summed E-state index contributed by atoms with van der Waals surface area (Å²) in [7, 11) is -9.90. The zero-order chi connectivity index (χ0) is 68.6. The van der Waals surface area contributed by atoms with E-state index in [1.165, 1.54) is 186 Å². The molecule has 0 saturated heterocycles. The number of unbranched alkanes of at least 4 members (excludes halogenated alkanes) is 43. The van der Waals surface area contributed by atoms with E-state index >= 15 is 0 Å². The third-order valence-electron chi connectivity index (χ3n) is 17.2. The van der Waals surface area contributed by atoms with Gasteiger partial charge in [-0.05, 0) is 37.5 Å². The van der Waals surface area contributed by atoms with Crippen LogP contribution < -0.4 is 0 Å². The zero-order valence-electron chi connectivity index (χ0n) is 60.6. The Labute approximate surface area is 568 Å². The lowest BCUT2D eigenvalue weighted by Crippen LogP contribution is -2.30. The van der Waals surface area contributed by atoms with Crippen molar-refractivity contribution in [2.75, 3.05) is 39.6 Å². The van der Waals surface area contributed by atoms with Gasteiger partial charge in [0.2, 0.25) is 0 Å². The third kappa shape index (κ3) is 68.4. The molecule has 0 aromatic heterocycles. The molecular formula is C74H144O17P2. The minimum atomic E-state index is -4.95. The van der Waals surface area contributed by atoms with Crippen LogP contribution in [0.1, 0.15) is 382 Å². The summed E-state index contributed by atoms with van der Waals surface area (Å²) in [5, 5.41) is 10.6. The highest BCUT2D eigenvalue weighted by atomic mass is 31.2. The summed E-state index contributed by atoms with van der Waals surface area (Å²) in [5.74, 6) is -0.649. The quantitative estimate of drug-likeness (QED) is 0.0222. The Morgan fingerprint density at radius 1 is 0.290 bits per heavy atom. The molecule has 5 atom stereocenters. The first-order chi connectivity index (χ1) is 44.9. The number of carbonyl (C=O) groups is 4. The second-order valence-electron chi connectivity index (χ2n) is 27.6. The van der Waals surface area contributed by atoms with Crippen LogP contribution in [0.2, 0.25) is 0 Å². The summed E-state index contributed by atoms with van der Waals surface area (Å²) in [4.78, 5) is 72.5. The van der Waals surface area contributed by atoms with Gasteiger partial charge >= 0.3 is 39.5 Å². The summed E-state index contributed by atoms with van der Waals surface area (Å²) in [6, 6.07) is 0. The first-order valence-corrected chi connectivity index (χ1v) is 41.5. The lowest BCUT2D eigenvalue weighted by Gasteiger charge is -2.21. The van der Waals surface area contributed by atoms with Crippen LogP contribution in [0.3, 0.4) is 0 Å². The Morgan fingerprint density at radius 2 is 0.495 bits per heavy atom. The monoisotopic (exact) mass is 1370 g/mol. The number of hydrogen-bond donors (Lipinski definition) is 3. The molecule has 552 valence electrons. The van der Waals surface area contributed by atoms with E-state index in [9.17, 15) is 43.2 Å². The molecule has 0 fully saturated rings. The molecule has 93 heavy (non-hydrogen) atoms. The SMILES string of the molecule is CCCCCCCCCCCCCCCCCCCCCCCC(=O)O[C@H](COC(=O)CCCCCCCCCCCCCCC(C)C)COP(=O)(O)OC[C@@H](O)COP(=O)(O)OC[C@@H](COC(=O)CCCCCCCCC)OC(=O)CCCCCCCCCC(C)C. The molecule has 0 aromatic rings. The molecule has 0 aromatic carbocycles. The molecule has 0 rings (SSSR count). The van der Waals surface area contributed by atoms with Gasteiger partial charge in [0.05, 0.1) is 26.4 Å². The first kappa shape index (κ1) is 91.1. The van der Waals surface area contributed by atoms with E-state index < -0.39 is 97.5 Å². The Hall–Kier alpha value is -1.94. The number of rotatable bonds is 73. The van der Waals surface area contributed by atoms with Gasteiger partial charge in [0, 0.05) is 25.7 Å². The van der Waals surface area contributed by atoms with Crippen molar-refractivity contribution in [3.8, 4) is 0 Å². The molecular weight excluding hydrogens is 1220 g/mol. The van der Waals surface area contributed by atoms with E-state index in [4.69, 9.17) is 37.0 Å². The van der Waals surface area contributed by atoms with E-state index in [0.29, 0.717) is 31.6 Å². The summed E-state index contributed by atoms with van der Waals surface area (Å²) in [5.41, 5.74) is 0. The fourth-order valence-electron chi connectivity index (χ4n) is 11.3. The Kier molecular flexibility index (Phi) is 64.6. The van der Waals surface area contributed by atoms with Gasteiger partial charge in [-0.3, -0.25) is 37.3 Å². The smallest absolute Gasteiger partial charge is 0.462 e. The van der Waals surface area contributed by atoms with Gasteiger partial charge in [0.25, 0.3) is 0 Å². The van der Waals surface area contributed by atoms with Crippen LogP contribution in [0.5, 0.6) is 0 Å². The van der Waals surface area contributed by atoms with Crippen LogP contribution in [0.4, 0.5) is 0 Å². The van der Waals surface area contributed by atoms with Crippen molar-refractivity contribution in [2.24, 2.45) is 11.8 Å². The van der Waals surface area contributed by atoms with Gasteiger partial charge in [0.15, 0.2) is 12.2 Å². The lowest BCUT2D eigenvalue weighted by molar-refractivity contribution is -0.161. The second kappa shape index (κ2) is 66.0. The molecule has 0 spiro atoms. The van der Waals surface area contributed by atoms with E-state index in [2.05, 4.69) is 41.5 Å². The van der Waals surface area contributed by atoms with Crippen LogP contribution in [0.15, 0.2) is 0 Å². The molecule has 0 aliphatic rings. The standard InChI is InChI=1S/C74H144O17P2/c1-7-9-11-13-15-16-17-18-19-20-21-22-23-24-25-26-31-34-40-46-52-58-73(78)90-70(63-85-72(77)57-51-45-39-33-30-28-27-29-32-37-42-48-54-66(3)4)65-89-93(82,83)87-61-68(75)60-86-92(80,81)88-64-69(62-84-71(76)56-50-44-36-14-12-10-8-2)91-74(79)59-53-47-41-35-38-43-49-55-67(5)6/h66-70,75H,7-65H2,1-6H3,(H,80,81)(H,82,83)/t68-,69+,70+/m0/s1.